The van der Waals surface area contributed by atoms with Gasteiger partial charge in [0, 0.05) is 9.52 Å². The maximum Gasteiger partial charge on any atom is 0.159 e. The number of hydrogen-bond acceptors (Lipinski definition) is 0. The third-order valence-corrected chi connectivity index (χ3v) is 7.39. The molecule has 2 aromatic carbocycles. The maximum atomic E-state index is 13.4. The van der Waals surface area contributed by atoms with Crippen LogP contribution in [0, 0.1) is 11.6 Å². The van der Waals surface area contributed by atoms with Crippen molar-refractivity contribution in [2.75, 3.05) is 0 Å². The molecular weight excluding hydrogens is 306 g/mol. The van der Waals surface area contributed by atoms with E-state index in [4.69, 9.17) is 0 Å². The largest absolute Gasteiger partial charge is 0.204 e. The monoisotopic (exact) mass is 330 g/mol. The van der Waals surface area contributed by atoms with Crippen LogP contribution in [0.3, 0.4) is 0 Å². The molecule has 0 amide bonds. The fraction of sp³-hybridized carbons (Fsp3) is 0.400. The van der Waals surface area contributed by atoms with Gasteiger partial charge in [0.15, 0.2) is 11.6 Å². The molecule has 1 fully saturated rings. The average molecular weight is 330 g/mol. The van der Waals surface area contributed by atoms with Gasteiger partial charge >= 0.3 is 0 Å². The van der Waals surface area contributed by atoms with Crippen molar-refractivity contribution in [1.82, 2.24) is 0 Å². The minimum Gasteiger partial charge on any atom is -0.204 e. The van der Waals surface area contributed by atoms with Crippen LogP contribution < -0.4 is 0 Å². The van der Waals surface area contributed by atoms with Gasteiger partial charge in [-0.25, -0.2) is 8.78 Å². The van der Waals surface area contributed by atoms with E-state index in [1.165, 1.54) is 49.4 Å². The summed E-state index contributed by atoms with van der Waals surface area (Å²) >= 11 is 0. The van der Waals surface area contributed by atoms with Gasteiger partial charge in [-0.1, -0.05) is 61.7 Å². The zero-order chi connectivity index (χ0) is 16.2. The van der Waals surface area contributed by atoms with Gasteiger partial charge < -0.3 is 0 Å². The second-order valence-electron chi connectivity index (χ2n) is 6.76. The van der Waals surface area contributed by atoms with Gasteiger partial charge in [-0.05, 0) is 47.6 Å². The lowest BCUT2D eigenvalue weighted by atomic mass is 9.83. The molecule has 0 N–H and O–H groups in total. The number of rotatable bonds is 4. The second-order valence-corrected chi connectivity index (χ2v) is 9.49. The molecule has 1 saturated carbocycles. The van der Waals surface area contributed by atoms with Crippen LogP contribution in [0.2, 0.25) is 11.6 Å². The summed E-state index contributed by atoms with van der Waals surface area (Å²) in [6.45, 7) is 2.33. The van der Waals surface area contributed by atoms with Gasteiger partial charge in [0.25, 0.3) is 0 Å². The van der Waals surface area contributed by atoms with Crippen molar-refractivity contribution in [2.24, 2.45) is 0 Å². The molecule has 0 aliphatic heterocycles. The van der Waals surface area contributed by atoms with Crippen molar-refractivity contribution in [3.05, 3.63) is 59.7 Å². The van der Waals surface area contributed by atoms with Crippen molar-refractivity contribution in [2.45, 2.75) is 50.1 Å². The smallest absolute Gasteiger partial charge is 0.159 e. The van der Waals surface area contributed by atoms with E-state index >= 15 is 0 Å². The minimum atomic E-state index is -0.794. The van der Waals surface area contributed by atoms with E-state index in [-0.39, 0.29) is 9.52 Å². The van der Waals surface area contributed by atoms with E-state index in [0.717, 1.165) is 16.7 Å². The van der Waals surface area contributed by atoms with E-state index in [2.05, 4.69) is 19.1 Å². The lowest BCUT2D eigenvalue weighted by Crippen LogP contribution is -2.13. The zero-order valence-electron chi connectivity index (χ0n) is 13.7. The molecule has 0 unspecified atom stereocenters. The third-order valence-electron chi connectivity index (χ3n) is 5.18. The van der Waals surface area contributed by atoms with Crippen molar-refractivity contribution >= 4 is 9.52 Å². The number of halogens is 2. The first kappa shape index (κ1) is 16.4. The van der Waals surface area contributed by atoms with Gasteiger partial charge in [0.05, 0.1) is 0 Å². The topological polar surface area (TPSA) is 0 Å². The van der Waals surface area contributed by atoms with Gasteiger partial charge in [-0.15, -0.1) is 0 Å². The summed E-state index contributed by atoms with van der Waals surface area (Å²) in [6.07, 6.45) is 5.41. The Bertz CT molecular complexity index is 643. The quantitative estimate of drug-likeness (QED) is 0.632. The molecule has 3 rings (SSSR count). The molecule has 1 aliphatic carbocycles. The summed E-state index contributed by atoms with van der Waals surface area (Å²) in [5, 5.41) is 0. The number of benzene rings is 2. The maximum absolute atomic E-state index is 13.4. The highest BCUT2D eigenvalue weighted by Crippen LogP contribution is 2.39. The van der Waals surface area contributed by atoms with Crippen LogP contribution in [0.5, 0.6) is 0 Å². The van der Waals surface area contributed by atoms with Crippen molar-refractivity contribution < 1.29 is 8.78 Å². The molecule has 2 aromatic rings. The second kappa shape index (κ2) is 7.39. The Balaban J connectivity index is 1.69. The molecular formula is C20H24F2Si. The van der Waals surface area contributed by atoms with Crippen molar-refractivity contribution in [3.8, 4) is 11.1 Å². The lowest BCUT2D eigenvalue weighted by Gasteiger charge is -2.28. The van der Waals surface area contributed by atoms with E-state index < -0.39 is 11.6 Å². The molecule has 0 bridgehead atoms. The fourth-order valence-corrected chi connectivity index (χ4v) is 5.68. The van der Waals surface area contributed by atoms with Crippen molar-refractivity contribution in [3.63, 3.8) is 0 Å². The molecule has 0 atom stereocenters. The van der Waals surface area contributed by atoms with E-state index in [0.29, 0.717) is 5.92 Å². The van der Waals surface area contributed by atoms with E-state index in [1.54, 1.807) is 6.07 Å². The highest BCUT2D eigenvalue weighted by molar-refractivity contribution is 6.37. The Labute approximate surface area is 139 Å². The molecule has 0 saturated heterocycles. The molecule has 0 nitrogen and oxygen atoms in total. The Morgan fingerprint density at radius 1 is 0.870 bits per heavy atom. The van der Waals surface area contributed by atoms with Gasteiger partial charge in [-0.3, -0.25) is 0 Å². The Kier molecular flexibility index (Phi) is 5.26. The zero-order valence-corrected chi connectivity index (χ0v) is 15.1. The third kappa shape index (κ3) is 3.89. The molecule has 122 valence electrons. The van der Waals surface area contributed by atoms with Crippen LogP contribution in [0.25, 0.3) is 11.1 Å². The van der Waals surface area contributed by atoms with E-state index in [1.807, 2.05) is 12.1 Å². The molecule has 1 aliphatic rings. The minimum absolute atomic E-state index is 0.159. The summed E-state index contributed by atoms with van der Waals surface area (Å²) in [5.41, 5.74) is 4.12. The lowest BCUT2D eigenvalue weighted by molar-refractivity contribution is 0.441. The predicted octanol–water partition coefficient (Wildman–Crippen LogP) is 5.68. The SMILES string of the molecule is CC[SiH2][C@H]1CC[C@H](c2ccc(-c3ccc(F)c(F)c3)cc2)CC1. The highest BCUT2D eigenvalue weighted by Gasteiger charge is 2.21. The molecule has 23 heavy (non-hydrogen) atoms. The Morgan fingerprint density at radius 2 is 1.52 bits per heavy atom. The highest BCUT2D eigenvalue weighted by atomic mass is 28.2. The Hall–Kier alpha value is -1.48. The summed E-state index contributed by atoms with van der Waals surface area (Å²) in [6, 6.07) is 13.9. The molecule has 3 heteroatoms. The molecule has 0 aromatic heterocycles. The first-order valence-electron chi connectivity index (χ1n) is 8.72. The van der Waals surface area contributed by atoms with Gasteiger partial charge in [0.2, 0.25) is 0 Å². The van der Waals surface area contributed by atoms with Gasteiger partial charge in [0.1, 0.15) is 0 Å². The fourth-order valence-electron chi connectivity index (χ4n) is 3.82. The summed E-state index contributed by atoms with van der Waals surface area (Å²) in [4.78, 5) is 0. The summed E-state index contributed by atoms with van der Waals surface area (Å²) in [7, 11) is 0.159. The van der Waals surface area contributed by atoms with E-state index in [9.17, 15) is 8.78 Å². The molecule has 0 heterocycles. The Morgan fingerprint density at radius 3 is 2.13 bits per heavy atom. The number of hydrogen-bond donors (Lipinski definition) is 0. The predicted molar refractivity (Wildman–Crippen MR) is 95.8 cm³/mol. The van der Waals surface area contributed by atoms with Crippen LogP contribution in [0.4, 0.5) is 8.78 Å². The standard InChI is InChI=1S/C20H24F2Si/c1-2-23-18-10-7-15(8-11-18)14-3-5-16(6-4-14)17-9-12-19(21)20(22)13-17/h3-6,9,12-13,15,18H,2,7-8,10-11,23H2,1H3/t15-,18-. The summed E-state index contributed by atoms with van der Waals surface area (Å²) < 4.78 is 26.4. The van der Waals surface area contributed by atoms with Crippen LogP contribution in [-0.2, 0) is 0 Å². The van der Waals surface area contributed by atoms with Gasteiger partial charge in [-0.2, -0.15) is 0 Å². The molecule has 0 spiro atoms. The van der Waals surface area contributed by atoms with Crippen molar-refractivity contribution in [1.29, 1.82) is 0 Å². The normalized spacial score (nSPS) is 21.9. The van der Waals surface area contributed by atoms with Crippen LogP contribution in [0.15, 0.2) is 42.5 Å². The van der Waals surface area contributed by atoms with Crippen LogP contribution in [-0.4, -0.2) is 9.52 Å². The van der Waals surface area contributed by atoms with Crippen LogP contribution in [0.1, 0.15) is 44.1 Å². The molecule has 0 radical (unpaired) electrons. The first-order chi connectivity index (χ1) is 11.2. The van der Waals surface area contributed by atoms with Crippen LogP contribution >= 0.6 is 0 Å². The summed E-state index contributed by atoms with van der Waals surface area (Å²) in [5.74, 6) is -0.904. The average Bonchev–Trinajstić information content (AvgIpc) is 2.59. The first-order valence-corrected chi connectivity index (χ1v) is 10.5.